The van der Waals surface area contributed by atoms with Gasteiger partial charge in [-0.15, -0.1) is 0 Å². The van der Waals surface area contributed by atoms with E-state index < -0.39 is 0 Å². The van der Waals surface area contributed by atoms with E-state index in [1.54, 1.807) is 0 Å². The summed E-state index contributed by atoms with van der Waals surface area (Å²) in [6.45, 7) is 9.95. The number of hydrogen-bond donors (Lipinski definition) is 1. The molecule has 1 fully saturated rings. The fraction of sp³-hybridized carbons (Fsp3) is 0.706. The molecule has 0 bridgehead atoms. The summed E-state index contributed by atoms with van der Waals surface area (Å²) < 4.78 is 5.72. The summed E-state index contributed by atoms with van der Waals surface area (Å²) in [5, 5.41) is 3.53. The van der Waals surface area contributed by atoms with Gasteiger partial charge in [0.2, 0.25) is 0 Å². The third-order valence-corrected chi connectivity index (χ3v) is 3.66. The summed E-state index contributed by atoms with van der Waals surface area (Å²) in [5.74, 6) is 1.88. The second-order valence-electron chi connectivity index (χ2n) is 7.03. The van der Waals surface area contributed by atoms with Crippen LogP contribution in [0, 0.1) is 5.92 Å². The summed E-state index contributed by atoms with van der Waals surface area (Å²) in [5.41, 5.74) is 1.34. The van der Waals surface area contributed by atoms with Gasteiger partial charge in [-0.05, 0) is 45.6 Å². The van der Waals surface area contributed by atoms with Crippen LogP contribution in [0.15, 0.2) is 18.3 Å². The monoisotopic (exact) mass is 291 g/mol. The number of ether oxygens (including phenoxy) is 1. The van der Waals surface area contributed by atoms with Crippen LogP contribution in [0.5, 0.6) is 0 Å². The molecule has 2 rings (SSSR count). The minimum absolute atomic E-state index is 0.110. The molecule has 0 saturated heterocycles. The van der Waals surface area contributed by atoms with Crippen molar-refractivity contribution in [1.82, 2.24) is 10.3 Å². The quantitative estimate of drug-likeness (QED) is 0.747. The van der Waals surface area contributed by atoms with Crippen molar-refractivity contribution in [3.63, 3.8) is 0 Å². The first-order chi connectivity index (χ1) is 9.96. The average Bonchev–Trinajstić information content (AvgIpc) is 3.25. The lowest BCUT2D eigenvalue weighted by Crippen LogP contribution is -2.36. The first-order valence-electron chi connectivity index (χ1n) is 7.93. The molecule has 4 heteroatoms. The minimum atomic E-state index is 0.110. The molecule has 1 heterocycles. The van der Waals surface area contributed by atoms with Gasteiger partial charge in [0.05, 0.1) is 6.61 Å². The fourth-order valence-corrected chi connectivity index (χ4v) is 2.11. The molecule has 4 nitrogen and oxygen atoms in total. The number of hydrogen-bond acceptors (Lipinski definition) is 4. The van der Waals surface area contributed by atoms with Crippen LogP contribution in [-0.4, -0.2) is 37.3 Å². The molecule has 1 saturated carbocycles. The maximum atomic E-state index is 5.72. The van der Waals surface area contributed by atoms with Crippen molar-refractivity contribution < 1.29 is 4.74 Å². The number of pyridine rings is 1. The van der Waals surface area contributed by atoms with E-state index >= 15 is 0 Å². The van der Waals surface area contributed by atoms with Crippen molar-refractivity contribution in [3.05, 3.63) is 23.9 Å². The highest BCUT2D eigenvalue weighted by atomic mass is 16.5. The van der Waals surface area contributed by atoms with Crippen LogP contribution in [0.25, 0.3) is 0 Å². The maximum Gasteiger partial charge on any atom is 0.132 e. The van der Waals surface area contributed by atoms with Crippen LogP contribution in [0.1, 0.15) is 39.2 Å². The SMILES string of the molecule is CN(CCOCC1CC1)c1ncccc1CNC(C)(C)C. The zero-order chi connectivity index (χ0) is 15.3. The predicted molar refractivity (Wildman–Crippen MR) is 87.6 cm³/mol. The molecule has 0 radical (unpaired) electrons. The number of anilines is 1. The van der Waals surface area contributed by atoms with E-state index in [2.05, 4.69) is 49.1 Å². The second kappa shape index (κ2) is 7.23. The number of nitrogens with zero attached hydrogens (tertiary/aromatic N) is 2. The Morgan fingerprint density at radius 3 is 2.81 bits per heavy atom. The molecular formula is C17H29N3O. The first kappa shape index (κ1) is 16.2. The molecule has 0 unspecified atom stereocenters. The van der Waals surface area contributed by atoms with Gasteiger partial charge in [0, 0.05) is 44.0 Å². The van der Waals surface area contributed by atoms with E-state index in [0.29, 0.717) is 0 Å². The zero-order valence-electron chi connectivity index (χ0n) is 13.9. The van der Waals surface area contributed by atoms with Crippen LogP contribution >= 0.6 is 0 Å². The van der Waals surface area contributed by atoms with Crippen LogP contribution in [-0.2, 0) is 11.3 Å². The lowest BCUT2D eigenvalue weighted by Gasteiger charge is -2.24. The molecule has 0 aliphatic heterocycles. The Kier molecular flexibility index (Phi) is 5.59. The molecule has 0 aromatic carbocycles. The summed E-state index contributed by atoms with van der Waals surface area (Å²) in [6, 6.07) is 4.14. The van der Waals surface area contributed by atoms with Gasteiger partial charge in [-0.1, -0.05) is 6.07 Å². The fourth-order valence-electron chi connectivity index (χ4n) is 2.11. The molecule has 1 aromatic rings. The van der Waals surface area contributed by atoms with E-state index in [4.69, 9.17) is 4.74 Å². The Labute approximate surface area is 128 Å². The molecule has 1 N–H and O–H groups in total. The highest BCUT2D eigenvalue weighted by Gasteiger charge is 2.21. The molecule has 1 aromatic heterocycles. The van der Waals surface area contributed by atoms with Gasteiger partial charge >= 0.3 is 0 Å². The molecule has 0 spiro atoms. The van der Waals surface area contributed by atoms with E-state index in [9.17, 15) is 0 Å². The molecule has 21 heavy (non-hydrogen) atoms. The van der Waals surface area contributed by atoms with Crippen molar-refractivity contribution in [1.29, 1.82) is 0 Å². The van der Waals surface area contributed by atoms with Gasteiger partial charge in [-0.2, -0.15) is 0 Å². The minimum Gasteiger partial charge on any atom is -0.379 e. The third kappa shape index (κ3) is 6.02. The van der Waals surface area contributed by atoms with Gasteiger partial charge in [-0.3, -0.25) is 0 Å². The molecular weight excluding hydrogens is 262 g/mol. The molecule has 0 amide bonds. The normalized spacial score (nSPS) is 15.2. The Morgan fingerprint density at radius 1 is 1.38 bits per heavy atom. The van der Waals surface area contributed by atoms with E-state index in [-0.39, 0.29) is 5.54 Å². The lowest BCUT2D eigenvalue weighted by molar-refractivity contribution is 0.130. The smallest absolute Gasteiger partial charge is 0.132 e. The molecule has 1 aliphatic carbocycles. The highest BCUT2D eigenvalue weighted by Crippen LogP contribution is 2.28. The largest absolute Gasteiger partial charge is 0.379 e. The van der Waals surface area contributed by atoms with Gasteiger partial charge in [0.15, 0.2) is 0 Å². The van der Waals surface area contributed by atoms with Crippen molar-refractivity contribution in [3.8, 4) is 0 Å². The molecule has 118 valence electrons. The topological polar surface area (TPSA) is 37.4 Å². The summed E-state index contributed by atoms with van der Waals surface area (Å²) >= 11 is 0. The van der Waals surface area contributed by atoms with E-state index in [1.807, 2.05) is 12.3 Å². The van der Waals surface area contributed by atoms with Crippen molar-refractivity contribution in [2.45, 2.75) is 45.7 Å². The van der Waals surface area contributed by atoms with E-state index in [0.717, 1.165) is 38.0 Å². The van der Waals surface area contributed by atoms with Crippen LogP contribution in [0.4, 0.5) is 5.82 Å². The van der Waals surface area contributed by atoms with Crippen LogP contribution < -0.4 is 10.2 Å². The van der Waals surface area contributed by atoms with Gasteiger partial charge in [0.1, 0.15) is 5.82 Å². The third-order valence-electron chi connectivity index (χ3n) is 3.66. The van der Waals surface area contributed by atoms with Crippen molar-refractivity contribution in [2.24, 2.45) is 5.92 Å². The van der Waals surface area contributed by atoms with Crippen LogP contribution in [0.3, 0.4) is 0 Å². The highest BCUT2D eigenvalue weighted by molar-refractivity contribution is 5.45. The number of nitrogens with one attached hydrogen (secondary N) is 1. The average molecular weight is 291 g/mol. The molecule has 1 aliphatic rings. The number of aromatic nitrogens is 1. The Bertz CT molecular complexity index is 438. The van der Waals surface area contributed by atoms with Gasteiger partial charge in [0.25, 0.3) is 0 Å². The standard InChI is InChI=1S/C17H29N3O/c1-17(2,3)19-12-15-6-5-9-18-16(15)20(4)10-11-21-13-14-7-8-14/h5-6,9,14,19H,7-8,10-13H2,1-4H3. The summed E-state index contributed by atoms with van der Waals surface area (Å²) in [6.07, 6.45) is 4.55. The predicted octanol–water partition coefficient (Wildman–Crippen LogP) is 2.83. The zero-order valence-corrected chi connectivity index (χ0v) is 13.9. The van der Waals surface area contributed by atoms with Gasteiger partial charge in [-0.25, -0.2) is 4.98 Å². The van der Waals surface area contributed by atoms with Gasteiger partial charge < -0.3 is 15.0 Å². The van der Waals surface area contributed by atoms with Crippen LogP contribution in [0.2, 0.25) is 0 Å². The summed E-state index contributed by atoms with van der Waals surface area (Å²) in [4.78, 5) is 6.72. The summed E-state index contributed by atoms with van der Waals surface area (Å²) in [7, 11) is 2.09. The number of rotatable bonds is 8. The Balaban J connectivity index is 1.84. The first-order valence-corrected chi connectivity index (χ1v) is 7.93. The Morgan fingerprint density at radius 2 is 2.14 bits per heavy atom. The molecule has 0 atom stereocenters. The number of likely N-dealkylation sites (N-methyl/N-ethyl adjacent to an activating group) is 1. The second-order valence-corrected chi connectivity index (χ2v) is 7.03. The van der Waals surface area contributed by atoms with Crippen molar-refractivity contribution >= 4 is 5.82 Å². The van der Waals surface area contributed by atoms with E-state index in [1.165, 1.54) is 18.4 Å². The lowest BCUT2D eigenvalue weighted by atomic mass is 10.1. The Hall–Kier alpha value is -1.13. The van der Waals surface area contributed by atoms with Crippen molar-refractivity contribution in [2.75, 3.05) is 31.7 Å². The maximum absolute atomic E-state index is 5.72.